The van der Waals surface area contributed by atoms with Crippen molar-refractivity contribution in [3.05, 3.63) is 46.7 Å². The number of hydrogen-bond acceptors (Lipinski definition) is 3. The van der Waals surface area contributed by atoms with Crippen LogP contribution in [0.25, 0.3) is 0 Å². The topological polar surface area (TPSA) is 80.2 Å². The summed E-state index contributed by atoms with van der Waals surface area (Å²) in [6.45, 7) is 0.626. The van der Waals surface area contributed by atoms with Crippen molar-refractivity contribution >= 4 is 33.2 Å². The summed E-state index contributed by atoms with van der Waals surface area (Å²) in [5.74, 6) is -3.55. The Bertz CT molecular complexity index is 997. The van der Waals surface area contributed by atoms with Gasteiger partial charge in [0.15, 0.2) is 11.6 Å². The van der Waals surface area contributed by atoms with E-state index >= 15 is 0 Å². The Hall–Kier alpha value is -2.18. The summed E-state index contributed by atoms with van der Waals surface area (Å²) < 4.78 is 91.0. The van der Waals surface area contributed by atoms with E-state index in [9.17, 15) is 35.2 Å². The molecule has 0 saturated carbocycles. The van der Waals surface area contributed by atoms with Gasteiger partial charge in [-0.3, -0.25) is 4.79 Å². The number of nitrogens with zero attached hydrogens (tertiary/aromatic N) is 1. The highest BCUT2D eigenvalue weighted by Gasteiger charge is 2.39. The van der Waals surface area contributed by atoms with E-state index in [1.807, 2.05) is 0 Å². The molecule has 1 aromatic heterocycles. The number of benzene rings is 1. The number of amides is 1. The molecule has 0 unspecified atom stereocenters. The largest absolute Gasteiger partial charge is 0.404 e. The van der Waals surface area contributed by atoms with Crippen molar-refractivity contribution in [3.8, 4) is 0 Å². The number of aryl methyl sites for hydroxylation is 1. The van der Waals surface area contributed by atoms with Gasteiger partial charge in [0.2, 0.25) is 10.0 Å². The highest BCUT2D eigenvalue weighted by Crippen LogP contribution is 2.25. The molecule has 2 aromatic rings. The minimum atomic E-state index is -4.80. The second kappa shape index (κ2) is 7.68. The Morgan fingerprint density at radius 3 is 2.36 bits per heavy atom. The average Bonchev–Trinajstić information content (AvgIpc) is 2.94. The fourth-order valence-electron chi connectivity index (χ4n) is 2.10. The first-order chi connectivity index (χ1) is 12.7. The van der Waals surface area contributed by atoms with E-state index in [0.29, 0.717) is 13.0 Å². The number of sulfonamides is 1. The zero-order valence-electron chi connectivity index (χ0n) is 14.2. The van der Waals surface area contributed by atoms with Crippen LogP contribution in [0.5, 0.6) is 0 Å². The molecule has 13 heteroatoms. The fraction of sp³-hybridized carbons (Fsp3) is 0.267. The van der Waals surface area contributed by atoms with Gasteiger partial charge in [-0.1, -0.05) is 11.6 Å². The normalized spacial score (nSPS) is 13.4. The van der Waals surface area contributed by atoms with Crippen molar-refractivity contribution in [2.45, 2.75) is 24.0 Å². The molecule has 0 aliphatic heterocycles. The van der Waals surface area contributed by atoms with Crippen LogP contribution in [0.4, 0.5) is 27.6 Å². The third-order valence-corrected chi connectivity index (χ3v) is 5.37. The minimum Gasteiger partial charge on any atom is -0.345 e. The molecule has 1 aromatic carbocycles. The number of rotatable bonds is 5. The molecule has 1 amide bonds. The third-order valence-electron chi connectivity index (χ3n) is 3.59. The summed E-state index contributed by atoms with van der Waals surface area (Å²) in [6.07, 6.45) is -3.87. The van der Waals surface area contributed by atoms with E-state index in [1.54, 1.807) is 0 Å². The van der Waals surface area contributed by atoms with Crippen molar-refractivity contribution in [1.82, 2.24) is 9.29 Å². The zero-order chi connectivity index (χ0) is 21.4. The minimum absolute atomic E-state index is 0.205. The molecule has 6 nitrogen and oxygen atoms in total. The van der Waals surface area contributed by atoms with Crippen LogP contribution >= 0.6 is 11.6 Å². The molecular weight excluding hydrogens is 433 g/mol. The van der Waals surface area contributed by atoms with E-state index < -0.39 is 49.7 Å². The second-order valence-corrected chi connectivity index (χ2v) is 7.89. The molecule has 2 N–H and O–H groups in total. The first-order valence-electron chi connectivity index (χ1n) is 7.43. The molecule has 0 spiro atoms. The smallest absolute Gasteiger partial charge is 0.345 e. The summed E-state index contributed by atoms with van der Waals surface area (Å²) in [4.78, 5) is 11.7. The molecule has 0 radical (unpaired) electrons. The van der Waals surface area contributed by atoms with Gasteiger partial charge in [0.25, 0.3) is 5.91 Å². The van der Waals surface area contributed by atoms with Crippen LogP contribution in [0.2, 0.25) is 5.02 Å². The van der Waals surface area contributed by atoms with Crippen LogP contribution < -0.4 is 10.0 Å². The number of nitrogens with one attached hydrogen (secondary N) is 2. The summed E-state index contributed by atoms with van der Waals surface area (Å²) in [6, 6.07) is 0.0823. The Morgan fingerprint density at radius 2 is 1.82 bits per heavy atom. The van der Waals surface area contributed by atoms with Crippen LogP contribution in [-0.2, 0) is 17.1 Å². The van der Waals surface area contributed by atoms with Gasteiger partial charge in [0.05, 0.1) is 5.02 Å². The predicted octanol–water partition coefficient (Wildman–Crippen LogP) is 3.44. The third kappa shape index (κ3) is 4.80. The quantitative estimate of drug-likeness (QED) is 0.546. The summed E-state index contributed by atoms with van der Waals surface area (Å²) in [7, 11) is -3.29. The van der Waals surface area contributed by atoms with Gasteiger partial charge in [-0.05, 0) is 19.1 Å². The number of carbonyl (C=O) groups excluding carboxylic acids is 1. The Morgan fingerprint density at radius 1 is 1.21 bits per heavy atom. The van der Waals surface area contributed by atoms with Crippen LogP contribution in [0.15, 0.2) is 29.3 Å². The number of alkyl halides is 3. The van der Waals surface area contributed by atoms with E-state index in [4.69, 9.17) is 11.6 Å². The van der Waals surface area contributed by atoms with Gasteiger partial charge in [0, 0.05) is 25.0 Å². The molecule has 0 bridgehead atoms. The molecule has 154 valence electrons. The van der Waals surface area contributed by atoms with Gasteiger partial charge >= 0.3 is 6.18 Å². The zero-order valence-corrected chi connectivity index (χ0v) is 15.8. The molecule has 1 atom stereocenters. The fourth-order valence-corrected chi connectivity index (χ4v) is 3.60. The Labute approximate surface area is 161 Å². The Kier molecular flexibility index (Phi) is 6.07. The monoisotopic (exact) mass is 445 g/mol. The number of carbonyl (C=O) groups is 1. The van der Waals surface area contributed by atoms with E-state index in [1.165, 1.54) is 11.8 Å². The summed E-state index contributed by atoms with van der Waals surface area (Å²) in [5.41, 5.74) is -0.468. The molecule has 0 aliphatic rings. The Balaban J connectivity index is 2.27. The summed E-state index contributed by atoms with van der Waals surface area (Å²) in [5, 5.41) is 1.60. The van der Waals surface area contributed by atoms with Crippen molar-refractivity contribution < 1.29 is 35.2 Å². The van der Waals surface area contributed by atoms with Crippen LogP contribution in [0, 0.1) is 11.6 Å². The lowest BCUT2D eigenvalue weighted by Crippen LogP contribution is -2.42. The molecule has 2 rings (SSSR count). The second-order valence-electron chi connectivity index (χ2n) is 5.76. The van der Waals surface area contributed by atoms with Gasteiger partial charge in [0.1, 0.15) is 16.6 Å². The van der Waals surface area contributed by atoms with Gasteiger partial charge < -0.3 is 9.88 Å². The van der Waals surface area contributed by atoms with Crippen molar-refractivity contribution in [2.24, 2.45) is 7.05 Å². The molecule has 0 fully saturated rings. The van der Waals surface area contributed by atoms with E-state index in [2.05, 4.69) is 5.32 Å². The molecule has 0 saturated heterocycles. The average molecular weight is 446 g/mol. The van der Waals surface area contributed by atoms with Gasteiger partial charge in [-0.2, -0.15) is 17.9 Å². The van der Waals surface area contributed by atoms with E-state index in [-0.39, 0.29) is 11.4 Å². The van der Waals surface area contributed by atoms with Crippen molar-refractivity contribution in [3.63, 3.8) is 0 Å². The molecule has 1 heterocycles. The first-order valence-corrected chi connectivity index (χ1v) is 9.30. The number of anilines is 1. The van der Waals surface area contributed by atoms with Crippen LogP contribution in [-0.4, -0.2) is 31.1 Å². The number of aromatic nitrogens is 1. The van der Waals surface area contributed by atoms with Crippen molar-refractivity contribution in [1.29, 1.82) is 0 Å². The predicted molar refractivity (Wildman–Crippen MR) is 90.6 cm³/mol. The number of halogens is 6. The maximum Gasteiger partial charge on any atom is 0.404 e. The maximum absolute atomic E-state index is 13.4. The highest BCUT2D eigenvalue weighted by molar-refractivity contribution is 7.89. The van der Waals surface area contributed by atoms with Crippen molar-refractivity contribution in [2.75, 3.05) is 5.32 Å². The van der Waals surface area contributed by atoms with Crippen LogP contribution in [0.1, 0.15) is 17.4 Å². The lowest BCUT2D eigenvalue weighted by atomic mass is 10.3. The number of hydrogen-bond donors (Lipinski definition) is 2. The first kappa shape index (κ1) is 22.1. The standard InChI is InChI=1S/C15H13ClF5N3O3S/c1-7(15(19,20)21)23-28(26,27)9-5-12(24(2)6-9)14(25)22-8-3-10(16)13(18)11(17)4-8/h3-7,23H,1-2H3,(H,22,25)/t7-/m1/s1. The van der Waals surface area contributed by atoms with E-state index in [0.717, 1.165) is 22.9 Å². The van der Waals surface area contributed by atoms with Gasteiger partial charge in [-0.15, -0.1) is 0 Å². The lowest BCUT2D eigenvalue weighted by molar-refractivity contribution is -0.147. The molecular formula is C15H13ClF5N3O3S. The maximum atomic E-state index is 13.4. The summed E-state index contributed by atoms with van der Waals surface area (Å²) >= 11 is 5.48. The lowest BCUT2D eigenvalue weighted by Gasteiger charge is -2.16. The molecule has 28 heavy (non-hydrogen) atoms. The highest BCUT2D eigenvalue weighted by atomic mass is 35.5. The van der Waals surface area contributed by atoms with Gasteiger partial charge in [-0.25, -0.2) is 17.2 Å². The molecule has 0 aliphatic carbocycles. The van der Waals surface area contributed by atoms with Crippen LogP contribution in [0.3, 0.4) is 0 Å². The SMILES string of the molecule is C[C@@H](NS(=O)(=O)c1cc(C(=O)Nc2cc(F)c(F)c(Cl)c2)n(C)c1)C(F)(F)F.